The third-order valence-electron chi connectivity index (χ3n) is 2.35. The van der Waals surface area contributed by atoms with Gasteiger partial charge in [0, 0.05) is 23.3 Å². The van der Waals surface area contributed by atoms with Gasteiger partial charge in [-0.3, -0.25) is 4.98 Å². The molecular weight excluding hydrogens is 186 g/mol. The third kappa shape index (κ3) is 1.29. The Kier molecular flexibility index (Phi) is 1.75. The van der Waals surface area contributed by atoms with Gasteiger partial charge in [-0.15, -0.1) is 0 Å². The van der Waals surface area contributed by atoms with Crippen LogP contribution in [-0.2, 0) is 0 Å². The number of aromatic nitrogens is 3. The molecule has 15 heavy (non-hydrogen) atoms. The lowest BCUT2D eigenvalue weighted by atomic mass is 10.1. The standard InChI is InChI=1S/C12H8N3/c1-3-10(12-14-7-8-15-12)9-4-2-6-13-11(9)5-1/h1-7H,(H,14,15). The van der Waals surface area contributed by atoms with E-state index in [2.05, 4.69) is 21.1 Å². The van der Waals surface area contributed by atoms with Crippen molar-refractivity contribution in [2.24, 2.45) is 0 Å². The van der Waals surface area contributed by atoms with Crippen LogP contribution in [0.15, 0.2) is 42.7 Å². The highest BCUT2D eigenvalue weighted by atomic mass is 14.9. The van der Waals surface area contributed by atoms with Gasteiger partial charge in [0.15, 0.2) is 0 Å². The second kappa shape index (κ2) is 3.20. The summed E-state index contributed by atoms with van der Waals surface area (Å²) in [7, 11) is 0. The van der Waals surface area contributed by atoms with E-state index in [0.717, 1.165) is 22.3 Å². The van der Waals surface area contributed by atoms with Gasteiger partial charge in [0.25, 0.3) is 0 Å². The summed E-state index contributed by atoms with van der Waals surface area (Å²) in [5.41, 5.74) is 2.04. The van der Waals surface area contributed by atoms with Crippen LogP contribution in [0.5, 0.6) is 0 Å². The molecule has 2 aromatic heterocycles. The zero-order chi connectivity index (χ0) is 10.1. The average Bonchev–Trinajstić information content (AvgIpc) is 2.82. The van der Waals surface area contributed by atoms with Gasteiger partial charge >= 0.3 is 0 Å². The zero-order valence-electron chi connectivity index (χ0n) is 7.94. The van der Waals surface area contributed by atoms with Crippen LogP contribution in [0, 0.1) is 6.20 Å². The first-order valence-corrected chi connectivity index (χ1v) is 4.71. The Balaban J connectivity index is 2.36. The molecule has 3 heteroatoms. The van der Waals surface area contributed by atoms with Crippen LogP contribution in [0.4, 0.5) is 0 Å². The number of pyridine rings is 1. The molecule has 1 aromatic carbocycles. The van der Waals surface area contributed by atoms with E-state index in [1.54, 1.807) is 12.4 Å². The van der Waals surface area contributed by atoms with Crippen molar-refractivity contribution in [1.29, 1.82) is 0 Å². The Morgan fingerprint density at radius 1 is 1.13 bits per heavy atom. The number of hydrogen-bond acceptors (Lipinski definition) is 2. The Morgan fingerprint density at radius 2 is 2.13 bits per heavy atom. The molecule has 0 saturated carbocycles. The highest BCUT2D eigenvalue weighted by Crippen LogP contribution is 2.24. The van der Waals surface area contributed by atoms with Gasteiger partial charge in [-0.25, -0.2) is 4.98 Å². The first kappa shape index (κ1) is 8.17. The fourth-order valence-corrected chi connectivity index (χ4v) is 1.68. The van der Waals surface area contributed by atoms with Crippen molar-refractivity contribution in [3.63, 3.8) is 0 Å². The number of fused-ring (bicyclic) bond motifs is 1. The quantitative estimate of drug-likeness (QED) is 0.646. The van der Waals surface area contributed by atoms with Crippen LogP contribution in [0.25, 0.3) is 22.3 Å². The Morgan fingerprint density at radius 3 is 3.00 bits per heavy atom. The van der Waals surface area contributed by atoms with Crippen LogP contribution in [-0.4, -0.2) is 15.0 Å². The lowest BCUT2D eigenvalue weighted by Crippen LogP contribution is -1.84. The Labute approximate surface area is 86.8 Å². The smallest absolute Gasteiger partial charge is 0.138 e. The molecule has 1 radical (unpaired) electrons. The van der Waals surface area contributed by atoms with Gasteiger partial charge in [0.1, 0.15) is 12.0 Å². The van der Waals surface area contributed by atoms with Gasteiger partial charge < -0.3 is 4.98 Å². The first-order chi connectivity index (χ1) is 7.45. The summed E-state index contributed by atoms with van der Waals surface area (Å²) in [5, 5.41) is 1.10. The molecule has 0 bridgehead atoms. The fraction of sp³-hybridized carbons (Fsp3) is 0. The van der Waals surface area contributed by atoms with Crippen LogP contribution in [0.3, 0.4) is 0 Å². The summed E-state index contributed by atoms with van der Waals surface area (Å²) in [4.78, 5) is 11.5. The predicted octanol–water partition coefficient (Wildman–Crippen LogP) is 2.43. The molecule has 0 amide bonds. The molecule has 0 saturated heterocycles. The van der Waals surface area contributed by atoms with Crippen LogP contribution >= 0.6 is 0 Å². The number of nitrogens with one attached hydrogen (secondary N) is 1. The van der Waals surface area contributed by atoms with E-state index in [4.69, 9.17) is 0 Å². The number of aromatic amines is 1. The average molecular weight is 194 g/mol. The molecule has 3 rings (SSSR count). The van der Waals surface area contributed by atoms with E-state index in [9.17, 15) is 0 Å². The van der Waals surface area contributed by atoms with Crippen molar-refractivity contribution in [2.45, 2.75) is 0 Å². The second-order valence-electron chi connectivity index (χ2n) is 3.25. The van der Waals surface area contributed by atoms with E-state index in [1.165, 1.54) is 0 Å². The van der Waals surface area contributed by atoms with E-state index in [1.807, 2.05) is 30.3 Å². The maximum Gasteiger partial charge on any atom is 0.138 e. The number of hydrogen-bond donors (Lipinski definition) is 1. The summed E-state index contributed by atoms with van der Waals surface area (Å²) in [5.74, 6) is 0.827. The van der Waals surface area contributed by atoms with E-state index >= 15 is 0 Å². The third-order valence-corrected chi connectivity index (χ3v) is 2.35. The van der Waals surface area contributed by atoms with E-state index in [-0.39, 0.29) is 0 Å². The number of H-pyrrole nitrogens is 1. The van der Waals surface area contributed by atoms with Crippen molar-refractivity contribution >= 4 is 10.9 Å². The summed E-state index contributed by atoms with van der Waals surface area (Å²) in [6, 6.07) is 9.97. The lowest BCUT2D eigenvalue weighted by Gasteiger charge is -2.02. The molecule has 0 aliphatic rings. The highest BCUT2D eigenvalue weighted by Gasteiger charge is 2.04. The van der Waals surface area contributed by atoms with Gasteiger partial charge in [-0.05, 0) is 12.1 Å². The van der Waals surface area contributed by atoms with Gasteiger partial charge in [-0.2, -0.15) is 0 Å². The zero-order valence-corrected chi connectivity index (χ0v) is 7.94. The number of rotatable bonds is 1. The normalized spacial score (nSPS) is 10.7. The molecule has 0 aliphatic carbocycles. The monoisotopic (exact) mass is 194 g/mol. The molecule has 0 spiro atoms. The van der Waals surface area contributed by atoms with Crippen LogP contribution < -0.4 is 0 Å². The Bertz CT molecular complexity index is 579. The Hall–Kier alpha value is -2.16. The van der Waals surface area contributed by atoms with Crippen LogP contribution in [0.2, 0.25) is 0 Å². The predicted molar refractivity (Wildman–Crippen MR) is 58.2 cm³/mol. The SMILES string of the molecule is [c]1c[nH]c(-c2cccc3ncccc23)n1. The summed E-state index contributed by atoms with van der Waals surface area (Å²) >= 11 is 0. The molecule has 3 aromatic rings. The van der Waals surface area contributed by atoms with Gasteiger partial charge in [0.2, 0.25) is 0 Å². The number of imidazole rings is 1. The number of nitrogens with zero attached hydrogens (tertiary/aromatic N) is 2. The lowest BCUT2D eigenvalue weighted by molar-refractivity contribution is 1.31. The molecule has 0 aliphatic heterocycles. The topological polar surface area (TPSA) is 41.6 Å². The fourth-order valence-electron chi connectivity index (χ4n) is 1.68. The summed E-state index contributed by atoms with van der Waals surface area (Å²) in [6.07, 6.45) is 6.26. The second-order valence-corrected chi connectivity index (χ2v) is 3.25. The van der Waals surface area contributed by atoms with E-state index in [0.29, 0.717) is 0 Å². The number of benzene rings is 1. The summed E-state index contributed by atoms with van der Waals surface area (Å²) in [6.45, 7) is 0. The van der Waals surface area contributed by atoms with Gasteiger partial charge in [-0.1, -0.05) is 18.2 Å². The molecular formula is C12H8N3. The molecule has 0 atom stereocenters. The molecule has 71 valence electrons. The minimum Gasteiger partial charge on any atom is -0.344 e. The van der Waals surface area contributed by atoms with Crippen molar-refractivity contribution < 1.29 is 0 Å². The first-order valence-electron chi connectivity index (χ1n) is 4.71. The minimum absolute atomic E-state index is 0.827. The molecule has 1 N–H and O–H groups in total. The highest BCUT2D eigenvalue weighted by molar-refractivity contribution is 5.92. The van der Waals surface area contributed by atoms with Crippen LogP contribution in [0.1, 0.15) is 0 Å². The molecule has 0 fully saturated rings. The van der Waals surface area contributed by atoms with E-state index < -0.39 is 0 Å². The summed E-state index contributed by atoms with van der Waals surface area (Å²) < 4.78 is 0. The van der Waals surface area contributed by atoms with Crippen molar-refractivity contribution in [2.75, 3.05) is 0 Å². The maximum absolute atomic E-state index is 4.30. The van der Waals surface area contributed by atoms with Gasteiger partial charge in [0.05, 0.1) is 5.52 Å². The molecule has 3 nitrogen and oxygen atoms in total. The van der Waals surface area contributed by atoms with Crippen molar-refractivity contribution in [3.8, 4) is 11.4 Å². The van der Waals surface area contributed by atoms with Crippen molar-refractivity contribution in [3.05, 3.63) is 48.9 Å². The largest absolute Gasteiger partial charge is 0.344 e. The minimum atomic E-state index is 0.827. The van der Waals surface area contributed by atoms with Crippen molar-refractivity contribution in [1.82, 2.24) is 15.0 Å². The maximum atomic E-state index is 4.30. The molecule has 2 heterocycles. The molecule has 0 unspecified atom stereocenters.